The van der Waals surface area contributed by atoms with Gasteiger partial charge in [0, 0.05) is 25.5 Å². The Morgan fingerprint density at radius 2 is 2.57 bits per heavy atom. The lowest BCUT2D eigenvalue weighted by Gasteiger charge is -2.16. The van der Waals surface area contributed by atoms with Gasteiger partial charge in [-0.3, -0.25) is 0 Å². The highest BCUT2D eigenvalue weighted by molar-refractivity contribution is 4.90. The van der Waals surface area contributed by atoms with Crippen molar-refractivity contribution >= 4 is 0 Å². The highest BCUT2D eigenvalue weighted by Gasteiger charge is 2.30. The van der Waals surface area contributed by atoms with Crippen LogP contribution in [0.1, 0.15) is 18.7 Å². The van der Waals surface area contributed by atoms with E-state index in [1.807, 2.05) is 6.20 Å². The number of ether oxygens (including phenoxy) is 1. The lowest BCUT2D eigenvalue weighted by Crippen LogP contribution is -2.34. The first-order valence-electron chi connectivity index (χ1n) is 5.10. The van der Waals surface area contributed by atoms with E-state index in [9.17, 15) is 0 Å². The standard InChI is InChI=1S/C10H17N3O/c1-14-7-9(8-2-3-8)13-6-10-11-4-5-12-10/h4-5,8-9,13H,2-3,6-7H2,1H3,(H,11,12). The van der Waals surface area contributed by atoms with Crippen molar-refractivity contribution in [2.75, 3.05) is 13.7 Å². The molecule has 0 spiro atoms. The number of rotatable bonds is 6. The van der Waals surface area contributed by atoms with Crippen molar-refractivity contribution in [1.29, 1.82) is 0 Å². The van der Waals surface area contributed by atoms with Gasteiger partial charge in [-0.25, -0.2) is 4.98 Å². The summed E-state index contributed by atoms with van der Waals surface area (Å²) in [5.74, 6) is 1.80. The van der Waals surface area contributed by atoms with Gasteiger partial charge in [0.05, 0.1) is 13.2 Å². The van der Waals surface area contributed by atoms with E-state index in [0.29, 0.717) is 6.04 Å². The van der Waals surface area contributed by atoms with Gasteiger partial charge in [0.2, 0.25) is 0 Å². The fraction of sp³-hybridized carbons (Fsp3) is 0.700. The summed E-state index contributed by atoms with van der Waals surface area (Å²) in [6.45, 7) is 1.60. The van der Waals surface area contributed by atoms with Gasteiger partial charge in [0.15, 0.2) is 0 Å². The molecule has 0 radical (unpaired) electrons. The summed E-state index contributed by atoms with van der Waals surface area (Å²) in [7, 11) is 1.75. The molecule has 2 rings (SSSR count). The number of nitrogens with one attached hydrogen (secondary N) is 2. The zero-order valence-electron chi connectivity index (χ0n) is 8.49. The Hall–Kier alpha value is -0.870. The molecule has 1 fully saturated rings. The monoisotopic (exact) mass is 195 g/mol. The van der Waals surface area contributed by atoms with Crippen LogP contribution in [0.25, 0.3) is 0 Å². The van der Waals surface area contributed by atoms with Gasteiger partial charge in [-0.2, -0.15) is 0 Å². The van der Waals surface area contributed by atoms with E-state index in [4.69, 9.17) is 4.74 Å². The molecule has 0 aromatic carbocycles. The van der Waals surface area contributed by atoms with E-state index in [1.54, 1.807) is 13.3 Å². The van der Waals surface area contributed by atoms with E-state index in [1.165, 1.54) is 12.8 Å². The van der Waals surface area contributed by atoms with Crippen molar-refractivity contribution in [3.05, 3.63) is 18.2 Å². The predicted molar refractivity (Wildman–Crippen MR) is 53.8 cm³/mol. The van der Waals surface area contributed by atoms with Crippen molar-refractivity contribution in [1.82, 2.24) is 15.3 Å². The number of nitrogens with zero attached hydrogens (tertiary/aromatic N) is 1. The maximum absolute atomic E-state index is 5.18. The summed E-state index contributed by atoms with van der Waals surface area (Å²) in [5.41, 5.74) is 0. The van der Waals surface area contributed by atoms with Crippen LogP contribution >= 0.6 is 0 Å². The summed E-state index contributed by atoms with van der Waals surface area (Å²) in [5, 5.41) is 3.47. The quantitative estimate of drug-likeness (QED) is 0.709. The van der Waals surface area contributed by atoms with Crippen LogP contribution in [0.4, 0.5) is 0 Å². The van der Waals surface area contributed by atoms with E-state index in [-0.39, 0.29) is 0 Å². The van der Waals surface area contributed by atoms with E-state index in [2.05, 4.69) is 15.3 Å². The minimum atomic E-state index is 0.491. The van der Waals surface area contributed by atoms with Crippen LogP contribution in [0.2, 0.25) is 0 Å². The maximum Gasteiger partial charge on any atom is 0.120 e. The topological polar surface area (TPSA) is 49.9 Å². The second-order valence-electron chi connectivity index (χ2n) is 3.82. The van der Waals surface area contributed by atoms with Crippen molar-refractivity contribution in [3.8, 4) is 0 Å². The van der Waals surface area contributed by atoms with Crippen LogP contribution in [-0.2, 0) is 11.3 Å². The van der Waals surface area contributed by atoms with E-state index in [0.717, 1.165) is 24.9 Å². The average molecular weight is 195 g/mol. The molecule has 14 heavy (non-hydrogen) atoms. The number of methoxy groups -OCH3 is 1. The fourth-order valence-electron chi connectivity index (χ4n) is 1.66. The van der Waals surface area contributed by atoms with Gasteiger partial charge in [-0.05, 0) is 18.8 Å². The summed E-state index contributed by atoms with van der Waals surface area (Å²) in [6.07, 6.45) is 6.29. The molecule has 1 atom stereocenters. The third-order valence-electron chi connectivity index (χ3n) is 2.62. The first-order valence-corrected chi connectivity index (χ1v) is 5.10. The number of H-pyrrole nitrogens is 1. The van der Waals surface area contributed by atoms with E-state index < -0.39 is 0 Å². The molecular formula is C10H17N3O. The number of aromatic nitrogens is 2. The number of imidazole rings is 1. The Kier molecular flexibility index (Phi) is 3.16. The lowest BCUT2D eigenvalue weighted by atomic mass is 10.2. The molecule has 0 bridgehead atoms. The Balaban J connectivity index is 1.76. The Bertz CT molecular complexity index is 256. The fourth-order valence-corrected chi connectivity index (χ4v) is 1.66. The van der Waals surface area contributed by atoms with Crippen LogP contribution in [0.5, 0.6) is 0 Å². The molecule has 1 saturated carbocycles. The van der Waals surface area contributed by atoms with Crippen LogP contribution in [0.3, 0.4) is 0 Å². The van der Waals surface area contributed by atoms with Gasteiger partial charge < -0.3 is 15.0 Å². The molecule has 4 nitrogen and oxygen atoms in total. The molecule has 0 amide bonds. The lowest BCUT2D eigenvalue weighted by molar-refractivity contribution is 0.156. The highest BCUT2D eigenvalue weighted by Crippen LogP contribution is 2.32. The van der Waals surface area contributed by atoms with E-state index >= 15 is 0 Å². The van der Waals surface area contributed by atoms with Crippen molar-refractivity contribution in [2.24, 2.45) is 5.92 Å². The van der Waals surface area contributed by atoms with Gasteiger partial charge >= 0.3 is 0 Å². The summed E-state index contributed by atoms with van der Waals surface area (Å²) < 4.78 is 5.18. The van der Waals surface area contributed by atoms with Crippen molar-refractivity contribution in [2.45, 2.75) is 25.4 Å². The SMILES string of the molecule is COCC(NCc1ncc[nH]1)C1CC1. The van der Waals surface area contributed by atoms with Gasteiger partial charge in [0.1, 0.15) is 5.82 Å². The van der Waals surface area contributed by atoms with Crippen LogP contribution in [0, 0.1) is 5.92 Å². The molecular weight excluding hydrogens is 178 g/mol. The van der Waals surface area contributed by atoms with Gasteiger partial charge in [-0.1, -0.05) is 0 Å². The average Bonchev–Trinajstić information content (AvgIpc) is 2.90. The summed E-state index contributed by atoms with van der Waals surface area (Å²) in [6, 6.07) is 0.491. The minimum absolute atomic E-state index is 0.491. The van der Waals surface area contributed by atoms with Crippen LogP contribution in [0.15, 0.2) is 12.4 Å². The molecule has 0 saturated heterocycles. The second kappa shape index (κ2) is 4.57. The first-order chi connectivity index (χ1) is 6.90. The Morgan fingerprint density at radius 1 is 1.71 bits per heavy atom. The molecule has 2 N–H and O–H groups in total. The van der Waals surface area contributed by atoms with Crippen LogP contribution < -0.4 is 5.32 Å². The maximum atomic E-state index is 5.18. The Labute approximate surface area is 84.1 Å². The number of hydrogen-bond acceptors (Lipinski definition) is 3. The summed E-state index contributed by atoms with van der Waals surface area (Å²) in [4.78, 5) is 7.25. The van der Waals surface area contributed by atoms with Crippen molar-refractivity contribution < 1.29 is 4.74 Å². The summed E-state index contributed by atoms with van der Waals surface area (Å²) >= 11 is 0. The molecule has 78 valence electrons. The molecule has 1 aromatic heterocycles. The Morgan fingerprint density at radius 3 is 3.14 bits per heavy atom. The molecule has 1 aliphatic carbocycles. The zero-order valence-corrected chi connectivity index (χ0v) is 8.49. The molecule has 0 aliphatic heterocycles. The van der Waals surface area contributed by atoms with Gasteiger partial charge in [-0.15, -0.1) is 0 Å². The zero-order chi connectivity index (χ0) is 9.80. The second-order valence-corrected chi connectivity index (χ2v) is 3.82. The number of aromatic amines is 1. The minimum Gasteiger partial charge on any atom is -0.383 e. The highest BCUT2D eigenvalue weighted by atomic mass is 16.5. The largest absolute Gasteiger partial charge is 0.383 e. The molecule has 1 aliphatic rings. The normalized spacial score (nSPS) is 18.4. The third kappa shape index (κ3) is 2.56. The smallest absolute Gasteiger partial charge is 0.120 e. The molecule has 1 unspecified atom stereocenters. The molecule has 1 aromatic rings. The first kappa shape index (κ1) is 9.68. The third-order valence-corrected chi connectivity index (χ3v) is 2.62. The van der Waals surface area contributed by atoms with Crippen LogP contribution in [-0.4, -0.2) is 29.7 Å². The van der Waals surface area contributed by atoms with Gasteiger partial charge in [0.25, 0.3) is 0 Å². The molecule has 4 heteroatoms. The molecule has 1 heterocycles. The predicted octanol–water partition coefficient (Wildman–Crippen LogP) is 0.924. The van der Waals surface area contributed by atoms with Crippen molar-refractivity contribution in [3.63, 3.8) is 0 Å². The number of hydrogen-bond donors (Lipinski definition) is 2.